The molecule has 0 amide bonds. The number of benzene rings is 1. The number of carbonyl (C=O) groups is 1. The monoisotopic (exact) mass is 232 g/mol. The molecule has 2 rings (SSSR count). The SMILES string of the molecule is CC1OCCC1C(=O)CCCc1ccccc1. The van der Waals surface area contributed by atoms with Gasteiger partial charge in [0.05, 0.1) is 6.10 Å². The molecule has 0 aliphatic carbocycles. The molecule has 0 spiro atoms. The normalized spacial score (nSPS) is 23.8. The van der Waals surface area contributed by atoms with Crippen LogP contribution >= 0.6 is 0 Å². The molecule has 2 unspecified atom stereocenters. The second-order valence-corrected chi connectivity index (χ2v) is 4.78. The molecule has 1 aliphatic heterocycles. The Labute approximate surface area is 103 Å². The number of rotatable bonds is 5. The van der Waals surface area contributed by atoms with Gasteiger partial charge in [-0.1, -0.05) is 30.3 Å². The highest BCUT2D eigenvalue weighted by Crippen LogP contribution is 2.23. The molecule has 1 saturated heterocycles. The lowest BCUT2D eigenvalue weighted by Crippen LogP contribution is -2.21. The van der Waals surface area contributed by atoms with E-state index < -0.39 is 0 Å². The molecule has 0 bridgehead atoms. The summed E-state index contributed by atoms with van der Waals surface area (Å²) in [5.41, 5.74) is 1.32. The van der Waals surface area contributed by atoms with E-state index in [1.54, 1.807) is 0 Å². The first kappa shape index (κ1) is 12.3. The molecular weight excluding hydrogens is 212 g/mol. The number of carbonyl (C=O) groups excluding carboxylic acids is 1. The Kier molecular flexibility index (Phi) is 4.32. The van der Waals surface area contributed by atoms with Gasteiger partial charge in [-0.15, -0.1) is 0 Å². The van der Waals surface area contributed by atoms with Gasteiger partial charge in [-0.25, -0.2) is 0 Å². The molecule has 2 atom stereocenters. The summed E-state index contributed by atoms with van der Waals surface area (Å²) in [6, 6.07) is 10.3. The lowest BCUT2D eigenvalue weighted by Gasteiger charge is -2.12. The Hall–Kier alpha value is -1.15. The first-order valence-electron chi connectivity index (χ1n) is 6.45. The summed E-state index contributed by atoms with van der Waals surface area (Å²) >= 11 is 0. The number of hydrogen-bond acceptors (Lipinski definition) is 2. The van der Waals surface area contributed by atoms with Gasteiger partial charge in [-0.3, -0.25) is 4.79 Å². The molecule has 0 saturated carbocycles. The molecule has 1 aromatic carbocycles. The van der Waals surface area contributed by atoms with E-state index >= 15 is 0 Å². The zero-order valence-corrected chi connectivity index (χ0v) is 10.4. The van der Waals surface area contributed by atoms with Crippen molar-refractivity contribution in [3.8, 4) is 0 Å². The van der Waals surface area contributed by atoms with Crippen LogP contribution in [0, 0.1) is 5.92 Å². The van der Waals surface area contributed by atoms with Crippen LogP contribution in [0.1, 0.15) is 31.7 Å². The third-order valence-corrected chi connectivity index (χ3v) is 3.52. The maximum absolute atomic E-state index is 12.0. The van der Waals surface area contributed by atoms with E-state index in [0.29, 0.717) is 12.2 Å². The molecule has 92 valence electrons. The minimum atomic E-state index is 0.124. The third-order valence-electron chi connectivity index (χ3n) is 3.52. The van der Waals surface area contributed by atoms with Gasteiger partial charge in [0, 0.05) is 18.9 Å². The molecule has 1 heterocycles. The Balaban J connectivity index is 1.73. The second-order valence-electron chi connectivity index (χ2n) is 4.78. The van der Waals surface area contributed by atoms with E-state index in [-0.39, 0.29) is 12.0 Å². The van der Waals surface area contributed by atoms with E-state index in [2.05, 4.69) is 12.1 Å². The highest BCUT2D eigenvalue weighted by atomic mass is 16.5. The summed E-state index contributed by atoms with van der Waals surface area (Å²) in [5.74, 6) is 0.525. The number of hydrogen-bond donors (Lipinski definition) is 0. The van der Waals surface area contributed by atoms with E-state index in [1.165, 1.54) is 5.56 Å². The smallest absolute Gasteiger partial charge is 0.138 e. The first-order chi connectivity index (χ1) is 8.27. The van der Waals surface area contributed by atoms with Crippen molar-refractivity contribution < 1.29 is 9.53 Å². The fourth-order valence-corrected chi connectivity index (χ4v) is 2.45. The van der Waals surface area contributed by atoms with E-state index in [9.17, 15) is 4.79 Å². The Bertz CT molecular complexity index is 358. The third kappa shape index (κ3) is 3.40. The van der Waals surface area contributed by atoms with Gasteiger partial charge in [0.2, 0.25) is 0 Å². The lowest BCUT2D eigenvalue weighted by molar-refractivity contribution is -0.124. The van der Waals surface area contributed by atoms with Crippen LogP contribution < -0.4 is 0 Å². The quantitative estimate of drug-likeness (QED) is 0.780. The van der Waals surface area contributed by atoms with Crippen LogP contribution in [0.2, 0.25) is 0 Å². The van der Waals surface area contributed by atoms with Gasteiger partial charge in [0.25, 0.3) is 0 Å². The predicted octanol–water partition coefficient (Wildman–Crippen LogP) is 3.00. The van der Waals surface area contributed by atoms with Crippen molar-refractivity contribution in [3.63, 3.8) is 0 Å². The standard InChI is InChI=1S/C15H20O2/c1-12-14(10-11-17-12)15(16)9-5-8-13-6-3-2-4-7-13/h2-4,6-7,12,14H,5,8-11H2,1H3. The minimum absolute atomic E-state index is 0.124. The summed E-state index contributed by atoms with van der Waals surface area (Å²) in [6.07, 6.45) is 3.67. The topological polar surface area (TPSA) is 26.3 Å². The maximum atomic E-state index is 12.0. The van der Waals surface area contributed by atoms with E-state index in [0.717, 1.165) is 25.9 Å². The summed E-state index contributed by atoms with van der Waals surface area (Å²) in [5, 5.41) is 0. The zero-order chi connectivity index (χ0) is 12.1. The molecule has 17 heavy (non-hydrogen) atoms. The Morgan fingerprint density at radius 2 is 2.12 bits per heavy atom. The number of aryl methyl sites for hydroxylation is 1. The lowest BCUT2D eigenvalue weighted by atomic mass is 9.93. The van der Waals surface area contributed by atoms with Crippen molar-refractivity contribution in [3.05, 3.63) is 35.9 Å². The van der Waals surface area contributed by atoms with Gasteiger partial charge in [0.1, 0.15) is 5.78 Å². The second kappa shape index (κ2) is 5.97. The summed E-state index contributed by atoms with van der Waals surface area (Å²) in [7, 11) is 0. The largest absolute Gasteiger partial charge is 0.378 e. The molecule has 0 aromatic heterocycles. The van der Waals surface area contributed by atoms with Gasteiger partial charge in [-0.2, -0.15) is 0 Å². The summed E-state index contributed by atoms with van der Waals surface area (Å²) in [4.78, 5) is 12.0. The zero-order valence-electron chi connectivity index (χ0n) is 10.4. The maximum Gasteiger partial charge on any atom is 0.138 e. The molecule has 1 aromatic rings. The fourth-order valence-electron chi connectivity index (χ4n) is 2.45. The fraction of sp³-hybridized carbons (Fsp3) is 0.533. The average molecular weight is 232 g/mol. The van der Waals surface area contributed by atoms with Crippen LogP contribution in [0.15, 0.2) is 30.3 Å². The summed E-state index contributed by atoms with van der Waals surface area (Å²) < 4.78 is 5.43. The predicted molar refractivity (Wildman–Crippen MR) is 67.9 cm³/mol. The van der Waals surface area contributed by atoms with Gasteiger partial charge < -0.3 is 4.74 Å². The van der Waals surface area contributed by atoms with Crippen LogP contribution in [-0.4, -0.2) is 18.5 Å². The van der Waals surface area contributed by atoms with Crippen molar-refractivity contribution in [2.45, 2.75) is 38.7 Å². The molecule has 1 fully saturated rings. The Morgan fingerprint density at radius 3 is 2.76 bits per heavy atom. The van der Waals surface area contributed by atoms with Crippen molar-refractivity contribution in [2.24, 2.45) is 5.92 Å². The molecule has 0 N–H and O–H groups in total. The molecular formula is C15H20O2. The van der Waals surface area contributed by atoms with Gasteiger partial charge >= 0.3 is 0 Å². The minimum Gasteiger partial charge on any atom is -0.378 e. The van der Waals surface area contributed by atoms with Gasteiger partial charge in [-0.05, 0) is 31.7 Å². The van der Waals surface area contributed by atoms with Crippen LogP contribution in [0.25, 0.3) is 0 Å². The van der Waals surface area contributed by atoms with E-state index in [4.69, 9.17) is 4.74 Å². The van der Waals surface area contributed by atoms with Crippen molar-refractivity contribution in [2.75, 3.05) is 6.61 Å². The van der Waals surface area contributed by atoms with E-state index in [1.807, 2.05) is 25.1 Å². The summed E-state index contributed by atoms with van der Waals surface area (Å²) in [6.45, 7) is 2.75. The van der Waals surface area contributed by atoms with Crippen molar-refractivity contribution in [1.82, 2.24) is 0 Å². The average Bonchev–Trinajstić information content (AvgIpc) is 2.77. The highest BCUT2D eigenvalue weighted by Gasteiger charge is 2.29. The number of ketones is 1. The van der Waals surface area contributed by atoms with Crippen molar-refractivity contribution >= 4 is 5.78 Å². The van der Waals surface area contributed by atoms with Crippen LogP contribution in [0.3, 0.4) is 0 Å². The Morgan fingerprint density at radius 1 is 1.35 bits per heavy atom. The molecule has 0 radical (unpaired) electrons. The molecule has 2 nitrogen and oxygen atoms in total. The number of ether oxygens (including phenoxy) is 1. The highest BCUT2D eigenvalue weighted by molar-refractivity contribution is 5.81. The molecule has 1 aliphatic rings. The number of Topliss-reactive ketones (excluding diaryl/α,β-unsaturated/α-hetero) is 1. The van der Waals surface area contributed by atoms with Crippen molar-refractivity contribution in [1.29, 1.82) is 0 Å². The van der Waals surface area contributed by atoms with Crippen LogP contribution in [0.5, 0.6) is 0 Å². The molecule has 2 heteroatoms. The van der Waals surface area contributed by atoms with Crippen LogP contribution in [-0.2, 0) is 16.0 Å². The van der Waals surface area contributed by atoms with Gasteiger partial charge in [0.15, 0.2) is 0 Å². The first-order valence-corrected chi connectivity index (χ1v) is 6.45. The van der Waals surface area contributed by atoms with Crippen LogP contribution in [0.4, 0.5) is 0 Å².